The number of fused-ring (bicyclic) bond motifs is 1. The Bertz CT molecular complexity index is 1280. The number of imidazole rings is 1. The zero-order valence-electron chi connectivity index (χ0n) is 19.4. The summed E-state index contributed by atoms with van der Waals surface area (Å²) in [6.45, 7) is 1.44. The number of amides is 1. The van der Waals surface area contributed by atoms with E-state index in [9.17, 15) is 4.79 Å². The summed E-state index contributed by atoms with van der Waals surface area (Å²) in [4.78, 5) is 24.8. The molecule has 0 bridgehead atoms. The van der Waals surface area contributed by atoms with Crippen LogP contribution in [0.1, 0.15) is 60.9 Å². The van der Waals surface area contributed by atoms with Gasteiger partial charge in [-0.25, -0.2) is 9.97 Å². The molecule has 2 aliphatic rings. The van der Waals surface area contributed by atoms with Crippen molar-refractivity contribution in [3.8, 4) is 11.3 Å². The number of aromatic nitrogens is 5. The van der Waals surface area contributed by atoms with E-state index in [1.54, 1.807) is 0 Å². The van der Waals surface area contributed by atoms with Crippen LogP contribution in [-0.4, -0.2) is 48.6 Å². The zero-order chi connectivity index (χ0) is 22.9. The van der Waals surface area contributed by atoms with Crippen LogP contribution in [0.15, 0.2) is 54.7 Å². The number of carbonyl (C=O) groups is 1. The summed E-state index contributed by atoms with van der Waals surface area (Å²) in [7, 11) is 0. The third-order valence-corrected chi connectivity index (χ3v) is 7.46. The fourth-order valence-corrected chi connectivity index (χ4v) is 5.66. The molecule has 1 aliphatic heterocycles. The maximum atomic E-state index is 13.2. The first-order chi connectivity index (χ1) is 16.8. The molecule has 1 saturated carbocycles. The topological polar surface area (TPSA) is 79.7 Å². The number of H-pyrrole nitrogens is 1. The number of hydrogen-bond acceptors (Lipinski definition) is 4. The molecule has 7 heteroatoms. The summed E-state index contributed by atoms with van der Waals surface area (Å²) >= 11 is 0. The Morgan fingerprint density at radius 3 is 2.59 bits per heavy atom. The SMILES string of the molecule is O=C(c1cc(-c2ccccc2)n[nH]1)N1CCC(n2c(CC3CCCC3)nc3cccnc32)CC1. The lowest BCUT2D eigenvalue weighted by atomic mass is 10.0. The molecule has 4 heterocycles. The largest absolute Gasteiger partial charge is 0.337 e. The van der Waals surface area contributed by atoms with Crippen molar-refractivity contribution in [1.29, 1.82) is 0 Å². The Hall–Kier alpha value is -3.48. The van der Waals surface area contributed by atoms with Crippen LogP contribution in [-0.2, 0) is 6.42 Å². The van der Waals surface area contributed by atoms with Gasteiger partial charge < -0.3 is 9.47 Å². The van der Waals surface area contributed by atoms with Gasteiger partial charge in [0.25, 0.3) is 5.91 Å². The maximum Gasteiger partial charge on any atom is 0.271 e. The molecular formula is C27H30N6O. The minimum absolute atomic E-state index is 0.0212. The smallest absolute Gasteiger partial charge is 0.271 e. The molecule has 1 amide bonds. The van der Waals surface area contributed by atoms with Crippen molar-refractivity contribution in [2.75, 3.05) is 13.1 Å². The Kier molecular flexibility index (Phi) is 5.61. The van der Waals surface area contributed by atoms with Crippen molar-refractivity contribution in [2.24, 2.45) is 5.92 Å². The fourth-order valence-electron chi connectivity index (χ4n) is 5.66. The molecule has 1 aliphatic carbocycles. The zero-order valence-corrected chi connectivity index (χ0v) is 19.4. The molecule has 7 nitrogen and oxygen atoms in total. The van der Waals surface area contributed by atoms with E-state index in [-0.39, 0.29) is 5.91 Å². The molecule has 0 spiro atoms. The summed E-state index contributed by atoms with van der Waals surface area (Å²) in [6, 6.07) is 16.2. The van der Waals surface area contributed by atoms with Crippen molar-refractivity contribution in [3.63, 3.8) is 0 Å². The number of aromatic amines is 1. The third-order valence-electron chi connectivity index (χ3n) is 7.46. The van der Waals surface area contributed by atoms with Gasteiger partial charge in [0.15, 0.2) is 5.65 Å². The van der Waals surface area contributed by atoms with E-state index in [1.807, 2.05) is 53.6 Å². The van der Waals surface area contributed by atoms with Crippen LogP contribution in [0.4, 0.5) is 0 Å². The molecule has 2 fully saturated rings. The lowest BCUT2D eigenvalue weighted by Gasteiger charge is -2.33. The molecule has 0 atom stereocenters. The number of nitrogens with one attached hydrogen (secondary N) is 1. The Morgan fingerprint density at radius 2 is 1.79 bits per heavy atom. The monoisotopic (exact) mass is 454 g/mol. The van der Waals surface area contributed by atoms with E-state index in [0.29, 0.717) is 11.7 Å². The molecule has 0 unspecified atom stereocenters. The minimum atomic E-state index is 0.0212. The molecule has 1 saturated heterocycles. The number of rotatable bonds is 5. The highest BCUT2D eigenvalue weighted by atomic mass is 16.2. The molecule has 0 radical (unpaired) electrons. The van der Waals surface area contributed by atoms with E-state index < -0.39 is 0 Å². The van der Waals surface area contributed by atoms with Crippen molar-refractivity contribution < 1.29 is 4.79 Å². The van der Waals surface area contributed by atoms with Gasteiger partial charge in [-0.2, -0.15) is 5.10 Å². The molecule has 34 heavy (non-hydrogen) atoms. The highest BCUT2D eigenvalue weighted by Gasteiger charge is 2.29. The summed E-state index contributed by atoms with van der Waals surface area (Å²) in [5.74, 6) is 1.93. The van der Waals surface area contributed by atoms with E-state index in [1.165, 1.54) is 31.5 Å². The molecule has 174 valence electrons. The van der Waals surface area contributed by atoms with Crippen molar-refractivity contribution in [3.05, 3.63) is 66.2 Å². The number of benzene rings is 1. The second-order valence-corrected chi connectivity index (χ2v) is 9.66. The first kappa shape index (κ1) is 21.1. The predicted molar refractivity (Wildman–Crippen MR) is 131 cm³/mol. The average Bonchev–Trinajstić information content (AvgIpc) is 3.65. The number of likely N-dealkylation sites (tertiary alicyclic amines) is 1. The predicted octanol–water partition coefficient (Wildman–Crippen LogP) is 5.03. The normalized spacial score (nSPS) is 17.6. The van der Waals surface area contributed by atoms with Gasteiger partial charge in [-0.15, -0.1) is 0 Å². The summed E-state index contributed by atoms with van der Waals surface area (Å²) < 4.78 is 2.39. The fraction of sp³-hybridized carbons (Fsp3) is 0.407. The van der Waals surface area contributed by atoms with E-state index >= 15 is 0 Å². The number of pyridine rings is 1. The lowest BCUT2D eigenvalue weighted by Crippen LogP contribution is -2.39. The van der Waals surface area contributed by atoms with Gasteiger partial charge in [0, 0.05) is 37.3 Å². The number of piperidine rings is 1. The first-order valence-electron chi connectivity index (χ1n) is 12.5. The van der Waals surface area contributed by atoms with Gasteiger partial charge >= 0.3 is 0 Å². The second kappa shape index (κ2) is 9.05. The quantitative estimate of drug-likeness (QED) is 0.459. The van der Waals surface area contributed by atoms with Crippen LogP contribution in [0.5, 0.6) is 0 Å². The Labute approximate surface area is 199 Å². The van der Waals surface area contributed by atoms with E-state index in [4.69, 9.17) is 9.97 Å². The van der Waals surface area contributed by atoms with E-state index in [0.717, 1.165) is 60.7 Å². The molecule has 1 aromatic carbocycles. The van der Waals surface area contributed by atoms with Gasteiger partial charge in [-0.1, -0.05) is 56.0 Å². The van der Waals surface area contributed by atoms with Crippen LogP contribution < -0.4 is 0 Å². The van der Waals surface area contributed by atoms with Gasteiger partial charge in [0.2, 0.25) is 0 Å². The van der Waals surface area contributed by atoms with Crippen molar-refractivity contribution in [1.82, 2.24) is 29.6 Å². The Morgan fingerprint density at radius 1 is 1.00 bits per heavy atom. The average molecular weight is 455 g/mol. The summed E-state index contributed by atoms with van der Waals surface area (Å²) in [5.41, 5.74) is 4.33. The molecular weight excluding hydrogens is 424 g/mol. The number of hydrogen-bond donors (Lipinski definition) is 1. The maximum absolute atomic E-state index is 13.2. The molecule has 3 aromatic heterocycles. The van der Waals surface area contributed by atoms with Gasteiger partial charge in [0.05, 0.1) is 5.69 Å². The van der Waals surface area contributed by atoms with Crippen molar-refractivity contribution >= 4 is 17.1 Å². The second-order valence-electron chi connectivity index (χ2n) is 9.66. The van der Waals surface area contributed by atoms with Crippen LogP contribution in [0.2, 0.25) is 0 Å². The van der Waals surface area contributed by atoms with Crippen LogP contribution >= 0.6 is 0 Å². The van der Waals surface area contributed by atoms with Crippen LogP contribution in [0.25, 0.3) is 22.4 Å². The highest BCUT2D eigenvalue weighted by Crippen LogP contribution is 2.33. The van der Waals surface area contributed by atoms with Gasteiger partial charge in [-0.3, -0.25) is 9.89 Å². The standard InChI is InChI=1S/C27H30N6O/c34-27(24-18-23(30-31-24)20-9-2-1-3-10-20)32-15-12-21(13-16-32)33-25(17-19-7-4-5-8-19)29-22-11-6-14-28-26(22)33/h1-3,6,9-11,14,18-19,21H,4-5,7-8,12-13,15-17H2,(H,30,31). The first-order valence-corrected chi connectivity index (χ1v) is 12.5. The Balaban J connectivity index is 1.18. The molecule has 4 aromatic rings. The minimum Gasteiger partial charge on any atom is -0.337 e. The summed E-state index contributed by atoms with van der Waals surface area (Å²) in [6.07, 6.45) is 9.99. The van der Waals surface area contributed by atoms with Gasteiger partial charge in [-0.05, 0) is 37.0 Å². The molecule has 1 N–H and O–H groups in total. The van der Waals surface area contributed by atoms with Crippen LogP contribution in [0, 0.1) is 5.92 Å². The highest BCUT2D eigenvalue weighted by molar-refractivity contribution is 5.93. The van der Waals surface area contributed by atoms with Crippen molar-refractivity contribution in [2.45, 2.75) is 51.0 Å². The number of carbonyl (C=O) groups excluding carboxylic acids is 1. The third kappa shape index (κ3) is 4.00. The van der Waals surface area contributed by atoms with Gasteiger partial charge in [0.1, 0.15) is 17.0 Å². The summed E-state index contributed by atoms with van der Waals surface area (Å²) in [5, 5.41) is 7.31. The number of nitrogens with zero attached hydrogens (tertiary/aromatic N) is 5. The van der Waals surface area contributed by atoms with E-state index in [2.05, 4.69) is 20.8 Å². The van der Waals surface area contributed by atoms with Crippen LogP contribution in [0.3, 0.4) is 0 Å². The lowest BCUT2D eigenvalue weighted by molar-refractivity contribution is 0.0689. The molecule has 6 rings (SSSR count).